The van der Waals surface area contributed by atoms with E-state index in [-0.39, 0.29) is 18.3 Å². The van der Waals surface area contributed by atoms with Crippen LogP contribution in [0.25, 0.3) is 0 Å². The van der Waals surface area contributed by atoms with Gasteiger partial charge in [-0.05, 0) is 29.5 Å². The Morgan fingerprint density at radius 2 is 1.75 bits per heavy atom. The van der Waals surface area contributed by atoms with Crippen molar-refractivity contribution in [3.05, 3.63) is 33.8 Å². The molecule has 6 heteroatoms. The lowest BCUT2D eigenvalue weighted by Gasteiger charge is -2.18. The Morgan fingerprint density at radius 1 is 1.20 bits per heavy atom. The molecule has 20 heavy (non-hydrogen) atoms. The van der Waals surface area contributed by atoms with Gasteiger partial charge in [-0.2, -0.15) is 0 Å². The van der Waals surface area contributed by atoms with Crippen molar-refractivity contribution in [2.75, 3.05) is 26.2 Å². The average Bonchev–Trinajstić information content (AvgIpc) is 2.94. The molecule has 1 aromatic carbocycles. The van der Waals surface area contributed by atoms with Crippen LogP contribution in [0.2, 0.25) is 10.0 Å². The molecule has 0 bridgehead atoms. The van der Waals surface area contributed by atoms with Crippen LogP contribution < -0.4 is 5.32 Å². The summed E-state index contributed by atoms with van der Waals surface area (Å²) >= 11 is 12.2. The van der Waals surface area contributed by atoms with Crippen LogP contribution in [0.4, 0.5) is 0 Å². The minimum Gasteiger partial charge on any atom is -0.342 e. The topological polar surface area (TPSA) is 32.3 Å². The summed E-state index contributed by atoms with van der Waals surface area (Å²) in [7, 11) is 0. The second-order valence-electron chi connectivity index (χ2n) is 5.35. The van der Waals surface area contributed by atoms with Gasteiger partial charge in [0.25, 0.3) is 0 Å². The average molecular weight is 336 g/mol. The van der Waals surface area contributed by atoms with Crippen LogP contribution in [0.1, 0.15) is 5.56 Å². The first-order chi connectivity index (χ1) is 9.15. The number of hydrogen-bond donors (Lipinski definition) is 1. The van der Waals surface area contributed by atoms with Gasteiger partial charge in [-0.25, -0.2) is 0 Å². The molecule has 0 unspecified atom stereocenters. The van der Waals surface area contributed by atoms with E-state index in [1.54, 1.807) is 18.2 Å². The van der Waals surface area contributed by atoms with Gasteiger partial charge in [-0.1, -0.05) is 29.3 Å². The second-order valence-corrected chi connectivity index (χ2v) is 6.17. The number of rotatable bonds is 2. The van der Waals surface area contributed by atoms with E-state index >= 15 is 0 Å². The lowest BCUT2D eigenvalue weighted by atomic mass is 10.0. The first-order valence-corrected chi connectivity index (χ1v) is 7.32. The highest BCUT2D eigenvalue weighted by atomic mass is 35.5. The molecule has 0 saturated carbocycles. The van der Waals surface area contributed by atoms with Crippen LogP contribution >= 0.6 is 35.6 Å². The highest BCUT2D eigenvalue weighted by Crippen LogP contribution is 2.29. The number of benzene rings is 1. The minimum atomic E-state index is 0. The molecule has 3 nitrogen and oxygen atoms in total. The largest absolute Gasteiger partial charge is 0.342 e. The van der Waals surface area contributed by atoms with Crippen molar-refractivity contribution >= 4 is 41.5 Å². The fourth-order valence-corrected chi connectivity index (χ4v) is 3.55. The van der Waals surface area contributed by atoms with Crippen molar-refractivity contribution in [2.24, 2.45) is 11.8 Å². The molecule has 2 aliphatic heterocycles. The quantitative estimate of drug-likeness (QED) is 0.901. The Hall–Kier alpha value is -0.480. The van der Waals surface area contributed by atoms with E-state index in [9.17, 15) is 4.79 Å². The lowest BCUT2D eigenvalue weighted by molar-refractivity contribution is -0.129. The zero-order valence-electron chi connectivity index (χ0n) is 10.9. The van der Waals surface area contributed by atoms with E-state index in [1.165, 1.54) is 0 Å². The van der Waals surface area contributed by atoms with Crippen molar-refractivity contribution in [3.63, 3.8) is 0 Å². The van der Waals surface area contributed by atoms with Crippen LogP contribution in [0.5, 0.6) is 0 Å². The van der Waals surface area contributed by atoms with Crippen LogP contribution in [-0.2, 0) is 11.2 Å². The Kier molecular flexibility index (Phi) is 5.19. The predicted molar refractivity (Wildman–Crippen MR) is 83.8 cm³/mol. The molecule has 2 heterocycles. The molecular formula is C14H17Cl3N2O. The van der Waals surface area contributed by atoms with Crippen LogP contribution in [-0.4, -0.2) is 37.0 Å². The molecule has 2 saturated heterocycles. The normalized spacial score (nSPS) is 24.4. The monoisotopic (exact) mass is 334 g/mol. The Labute approximate surface area is 135 Å². The van der Waals surface area contributed by atoms with Gasteiger partial charge in [0, 0.05) is 36.2 Å². The van der Waals surface area contributed by atoms with Crippen molar-refractivity contribution < 1.29 is 4.79 Å². The number of likely N-dealkylation sites (tertiary alicyclic amines) is 1. The number of fused-ring (bicyclic) bond motifs is 1. The number of carbonyl (C=O) groups excluding carboxylic acids is 1. The highest BCUT2D eigenvalue weighted by molar-refractivity contribution is 6.36. The van der Waals surface area contributed by atoms with E-state index in [1.807, 2.05) is 4.90 Å². The van der Waals surface area contributed by atoms with Crippen LogP contribution in [0.15, 0.2) is 18.2 Å². The molecule has 0 aliphatic carbocycles. The summed E-state index contributed by atoms with van der Waals surface area (Å²) in [6.45, 7) is 3.78. The molecule has 1 amide bonds. The zero-order chi connectivity index (χ0) is 13.4. The fraction of sp³-hybridized carbons (Fsp3) is 0.500. The number of nitrogens with one attached hydrogen (secondary N) is 1. The molecule has 3 rings (SSSR count). The first-order valence-electron chi connectivity index (χ1n) is 6.56. The van der Waals surface area contributed by atoms with Crippen LogP contribution in [0, 0.1) is 11.8 Å². The third kappa shape index (κ3) is 3.06. The van der Waals surface area contributed by atoms with Crippen molar-refractivity contribution in [3.8, 4) is 0 Å². The Balaban J connectivity index is 0.00000147. The fourth-order valence-electron chi connectivity index (χ4n) is 3.02. The molecule has 0 spiro atoms. The van der Waals surface area contributed by atoms with E-state index in [4.69, 9.17) is 23.2 Å². The number of carbonyl (C=O) groups is 1. The molecule has 1 aromatic rings. The van der Waals surface area contributed by atoms with E-state index < -0.39 is 0 Å². The van der Waals surface area contributed by atoms with Gasteiger partial charge in [0.15, 0.2) is 0 Å². The Bertz CT molecular complexity index is 477. The summed E-state index contributed by atoms with van der Waals surface area (Å²) in [6, 6.07) is 5.35. The first kappa shape index (κ1) is 15.9. The van der Waals surface area contributed by atoms with Crippen molar-refractivity contribution in [2.45, 2.75) is 6.42 Å². The highest BCUT2D eigenvalue weighted by Gasteiger charge is 2.37. The number of nitrogens with zero attached hydrogens (tertiary/aromatic N) is 1. The van der Waals surface area contributed by atoms with Gasteiger partial charge < -0.3 is 10.2 Å². The van der Waals surface area contributed by atoms with E-state index in [2.05, 4.69) is 5.32 Å². The predicted octanol–water partition coefficient (Wildman–Crippen LogP) is 2.64. The standard InChI is InChI=1S/C14H16Cl2N2O.ClH/c15-12-2-1-3-13(16)11(12)4-14(19)18-7-9-5-17-6-10(9)8-18;/h1-3,9-10,17H,4-8H2;1H/t9-,10+;. The minimum absolute atomic E-state index is 0. The summed E-state index contributed by atoms with van der Waals surface area (Å²) in [6.07, 6.45) is 0.297. The third-order valence-corrected chi connectivity index (χ3v) is 4.84. The second kappa shape index (κ2) is 6.52. The molecule has 110 valence electrons. The summed E-state index contributed by atoms with van der Waals surface area (Å²) in [4.78, 5) is 14.3. The molecule has 0 aromatic heterocycles. The maximum atomic E-state index is 12.3. The summed E-state index contributed by atoms with van der Waals surface area (Å²) < 4.78 is 0. The molecule has 2 fully saturated rings. The van der Waals surface area contributed by atoms with Gasteiger partial charge in [0.1, 0.15) is 0 Å². The summed E-state index contributed by atoms with van der Waals surface area (Å²) in [5, 5.41) is 4.51. The number of hydrogen-bond acceptors (Lipinski definition) is 2. The van der Waals surface area contributed by atoms with Gasteiger partial charge >= 0.3 is 0 Å². The number of amides is 1. The van der Waals surface area contributed by atoms with Gasteiger partial charge in [0.05, 0.1) is 6.42 Å². The summed E-state index contributed by atoms with van der Waals surface area (Å²) in [5.74, 6) is 1.36. The van der Waals surface area contributed by atoms with E-state index in [0.717, 1.165) is 31.7 Å². The van der Waals surface area contributed by atoms with Gasteiger partial charge in [0.2, 0.25) is 5.91 Å². The maximum Gasteiger partial charge on any atom is 0.227 e. The molecule has 0 radical (unpaired) electrons. The molecule has 2 atom stereocenters. The maximum absolute atomic E-state index is 12.3. The molecular weight excluding hydrogens is 319 g/mol. The number of halogens is 3. The smallest absolute Gasteiger partial charge is 0.227 e. The van der Waals surface area contributed by atoms with Crippen LogP contribution in [0.3, 0.4) is 0 Å². The van der Waals surface area contributed by atoms with Gasteiger partial charge in [-0.15, -0.1) is 12.4 Å². The summed E-state index contributed by atoms with van der Waals surface area (Å²) in [5.41, 5.74) is 0.742. The van der Waals surface area contributed by atoms with Gasteiger partial charge in [-0.3, -0.25) is 4.79 Å². The zero-order valence-corrected chi connectivity index (χ0v) is 13.3. The molecule has 1 N–H and O–H groups in total. The van der Waals surface area contributed by atoms with E-state index in [0.29, 0.717) is 28.3 Å². The van der Waals surface area contributed by atoms with Crippen molar-refractivity contribution in [1.82, 2.24) is 10.2 Å². The van der Waals surface area contributed by atoms with Crippen molar-refractivity contribution in [1.29, 1.82) is 0 Å². The molecule has 2 aliphatic rings. The Morgan fingerprint density at radius 3 is 2.30 bits per heavy atom. The third-order valence-electron chi connectivity index (χ3n) is 4.13. The SMILES string of the molecule is Cl.O=C(Cc1c(Cl)cccc1Cl)N1C[C@H]2CNC[C@H]2C1. The lowest BCUT2D eigenvalue weighted by Crippen LogP contribution is -2.33.